The summed E-state index contributed by atoms with van der Waals surface area (Å²) in [5.74, 6) is 0.660. The summed E-state index contributed by atoms with van der Waals surface area (Å²) >= 11 is 0. The van der Waals surface area contributed by atoms with Crippen LogP contribution in [0.15, 0.2) is 18.5 Å². The smallest absolute Gasteiger partial charge is 0.194 e. The maximum atomic E-state index is 8.86. The molecule has 1 N–H and O–H groups in total. The van der Waals surface area contributed by atoms with Crippen LogP contribution >= 0.6 is 0 Å². The van der Waals surface area contributed by atoms with E-state index >= 15 is 0 Å². The second-order valence-electron chi connectivity index (χ2n) is 3.05. The van der Waals surface area contributed by atoms with Crippen molar-refractivity contribution in [2.45, 2.75) is 13.2 Å². The first kappa shape index (κ1) is 8.89. The van der Waals surface area contributed by atoms with E-state index in [1.165, 1.54) is 4.80 Å². The van der Waals surface area contributed by atoms with E-state index in [4.69, 9.17) is 5.11 Å². The highest BCUT2D eigenvalue weighted by molar-refractivity contribution is 5.09. The maximum absolute atomic E-state index is 8.86. The summed E-state index contributed by atoms with van der Waals surface area (Å²) in [5, 5.41) is 20.5. The van der Waals surface area contributed by atoms with Crippen molar-refractivity contribution in [1.29, 1.82) is 0 Å². The Hall–Kier alpha value is -1.69. The number of aliphatic hydroxyl groups excluding tert-OH is 1. The third kappa shape index (κ3) is 1.80. The molecule has 6 nitrogen and oxygen atoms in total. The topological polar surface area (TPSA) is 68.8 Å². The summed E-state index contributed by atoms with van der Waals surface area (Å²) in [6.07, 6.45) is 3.73. The normalized spacial score (nSPS) is 10.7. The molecule has 0 saturated heterocycles. The lowest BCUT2D eigenvalue weighted by Crippen LogP contribution is -1.99. The SMILES string of the molecule is Cn1nnc(Cn2ccc(CO)c2)n1. The molecule has 2 aromatic heterocycles. The van der Waals surface area contributed by atoms with Crippen LogP contribution < -0.4 is 0 Å². The summed E-state index contributed by atoms with van der Waals surface area (Å²) in [6.45, 7) is 0.634. The van der Waals surface area contributed by atoms with Crippen molar-refractivity contribution in [2.75, 3.05) is 0 Å². The van der Waals surface area contributed by atoms with Gasteiger partial charge in [-0.15, -0.1) is 10.2 Å². The summed E-state index contributed by atoms with van der Waals surface area (Å²) in [5.41, 5.74) is 0.883. The zero-order chi connectivity index (χ0) is 9.97. The van der Waals surface area contributed by atoms with Gasteiger partial charge in [0.2, 0.25) is 0 Å². The van der Waals surface area contributed by atoms with E-state index in [1.807, 2.05) is 23.0 Å². The molecule has 0 unspecified atom stereocenters. The lowest BCUT2D eigenvalue weighted by molar-refractivity contribution is 0.281. The molecule has 0 aliphatic rings. The zero-order valence-corrected chi connectivity index (χ0v) is 7.83. The maximum Gasteiger partial charge on any atom is 0.194 e. The van der Waals surface area contributed by atoms with Gasteiger partial charge in [0.25, 0.3) is 0 Å². The molecule has 14 heavy (non-hydrogen) atoms. The molecule has 2 heterocycles. The minimum Gasteiger partial charge on any atom is -0.392 e. The molecule has 74 valence electrons. The molecule has 0 saturated carbocycles. The van der Waals surface area contributed by atoms with Crippen molar-refractivity contribution in [3.8, 4) is 0 Å². The quantitative estimate of drug-likeness (QED) is 0.717. The Balaban J connectivity index is 2.10. The summed E-state index contributed by atoms with van der Waals surface area (Å²) in [4.78, 5) is 1.42. The van der Waals surface area contributed by atoms with Crippen molar-refractivity contribution in [3.63, 3.8) is 0 Å². The number of hydrogen-bond donors (Lipinski definition) is 1. The van der Waals surface area contributed by atoms with E-state index in [1.54, 1.807) is 7.05 Å². The Morgan fingerprint density at radius 3 is 2.93 bits per heavy atom. The van der Waals surface area contributed by atoms with Crippen LogP contribution in [0, 0.1) is 0 Å². The molecule has 0 amide bonds. The van der Waals surface area contributed by atoms with Crippen molar-refractivity contribution >= 4 is 0 Å². The molecule has 0 aromatic carbocycles. The molecule has 6 heteroatoms. The summed E-state index contributed by atoms with van der Waals surface area (Å²) in [7, 11) is 1.73. The van der Waals surface area contributed by atoms with E-state index < -0.39 is 0 Å². The molecule has 2 aromatic rings. The van der Waals surface area contributed by atoms with E-state index in [9.17, 15) is 0 Å². The average molecular weight is 193 g/mol. The standard InChI is InChI=1S/C8H11N5O/c1-12-10-8(9-11-12)5-13-3-2-7(4-13)6-14/h2-4,14H,5-6H2,1H3. The van der Waals surface area contributed by atoms with E-state index in [2.05, 4.69) is 15.4 Å². The number of hydrogen-bond acceptors (Lipinski definition) is 4. The van der Waals surface area contributed by atoms with Crippen LogP contribution in [0.5, 0.6) is 0 Å². The monoisotopic (exact) mass is 193 g/mol. The van der Waals surface area contributed by atoms with Crippen molar-refractivity contribution < 1.29 is 5.11 Å². The third-order valence-electron chi connectivity index (χ3n) is 1.87. The number of rotatable bonds is 3. The van der Waals surface area contributed by atoms with Gasteiger partial charge in [-0.05, 0) is 16.8 Å². The van der Waals surface area contributed by atoms with Crippen LogP contribution in [0.25, 0.3) is 0 Å². The molecule has 0 radical (unpaired) electrons. The van der Waals surface area contributed by atoms with Crippen molar-refractivity contribution in [1.82, 2.24) is 24.8 Å². The molecular weight excluding hydrogens is 182 g/mol. The fourth-order valence-electron chi connectivity index (χ4n) is 1.23. The molecule has 2 rings (SSSR count). The first-order valence-corrected chi connectivity index (χ1v) is 4.26. The van der Waals surface area contributed by atoms with Crippen LogP contribution in [-0.4, -0.2) is 29.9 Å². The molecule has 0 aliphatic heterocycles. The van der Waals surface area contributed by atoms with Gasteiger partial charge in [-0.3, -0.25) is 0 Å². The molecule has 0 spiro atoms. The molecule has 0 fully saturated rings. The van der Waals surface area contributed by atoms with Gasteiger partial charge in [0.15, 0.2) is 5.82 Å². The van der Waals surface area contributed by atoms with E-state index in [0.717, 1.165) is 5.56 Å². The highest BCUT2D eigenvalue weighted by Crippen LogP contribution is 2.02. The first-order chi connectivity index (χ1) is 6.78. The van der Waals surface area contributed by atoms with Gasteiger partial charge in [-0.2, -0.15) is 4.80 Å². The van der Waals surface area contributed by atoms with Gasteiger partial charge in [-0.25, -0.2) is 0 Å². The van der Waals surface area contributed by atoms with Crippen molar-refractivity contribution in [2.24, 2.45) is 7.05 Å². The number of aliphatic hydroxyl groups is 1. The lowest BCUT2D eigenvalue weighted by Gasteiger charge is -1.95. The number of aromatic nitrogens is 5. The van der Waals surface area contributed by atoms with Crippen LogP contribution in [-0.2, 0) is 20.2 Å². The largest absolute Gasteiger partial charge is 0.392 e. The van der Waals surface area contributed by atoms with E-state index in [0.29, 0.717) is 12.4 Å². The van der Waals surface area contributed by atoms with Crippen LogP contribution in [0.4, 0.5) is 0 Å². The Morgan fingerprint density at radius 1 is 1.50 bits per heavy atom. The minimum absolute atomic E-state index is 0.0564. The molecular formula is C8H11N5O. The highest BCUT2D eigenvalue weighted by atomic mass is 16.3. The van der Waals surface area contributed by atoms with Crippen LogP contribution in [0.2, 0.25) is 0 Å². The van der Waals surface area contributed by atoms with Gasteiger partial charge < -0.3 is 9.67 Å². The van der Waals surface area contributed by atoms with Gasteiger partial charge in [0.05, 0.1) is 20.2 Å². The first-order valence-electron chi connectivity index (χ1n) is 4.26. The van der Waals surface area contributed by atoms with Crippen LogP contribution in [0.3, 0.4) is 0 Å². The zero-order valence-electron chi connectivity index (χ0n) is 7.83. The highest BCUT2D eigenvalue weighted by Gasteiger charge is 2.01. The number of aryl methyl sites for hydroxylation is 1. The van der Waals surface area contributed by atoms with Crippen molar-refractivity contribution in [3.05, 3.63) is 29.8 Å². The van der Waals surface area contributed by atoms with Gasteiger partial charge >= 0.3 is 0 Å². The second-order valence-corrected chi connectivity index (χ2v) is 3.05. The molecule has 0 bridgehead atoms. The molecule has 0 aliphatic carbocycles. The predicted octanol–water partition coefficient (Wildman–Crippen LogP) is -0.448. The Bertz CT molecular complexity index is 419. The van der Waals surface area contributed by atoms with E-state index in [-0.39, 0.29) is 6.61 Å². The summed E-state index contributed by atoms with van der Waals surface area (Å²) < 4.78 is 1.91. The Morgan fingerprint density at radius 2 is 2.36 bits per heavy atom. The van der Waals surface area contributed by atoms with Gasteiger partial charge in [-0.1, -0.05) is 0 Å². The fourth-order valence-corrected chi connectivity index (χ4v) is 1.23. The predicted molar refractivity (Wildman–Crippen MR) is 48.3 cm³/mol. The fraction of sp³-hybridized carbons (Fsp3) is 0.375. The second kappa shape index (κ2) is 3.59. The number of tetrazole rings is 1. The average Bonchev–Trinajstić information content (AvgIpc) is 2.76. The van der Waals surface area contributed by atoms with Crippen LogP contribution in [0.1, 0.15) is 11.4 Å². The minimum atomic E-state index is 0.0564. The number of nitrogens with zero attached hydrogens (tertiary/aromatic N) is 5. The third-order valence-corrected chi connectivity index (χ3v) is 1.87. The molecule has 0 atom stereocenters. The van der Waals surface area contributed by atoms with Gasteiger partial charge in [0.1, 0.15) is 0 Å². The summed E-state index contributed by atoms with van der Waals surface area (Å²) in [6, 6.07) is 1.86. The Kier molecular flexibility index (Phi) is 2.28. The lowest BCUT2D eigenvalue weighted by atomic mass is 10.4. The van der Waals surface area contributed by atoms with Gasteiger partial charge in [0, 0.05) is 12.4 Å². The Labute approximate surface area is 80.8 Å².